The zero-order valence-corrected chi connectivity index (χ0v) is 18.4. The normalized spacial score (nSPS) is 13.3. The Morgan fingerprint density at radius 2 is 2.06 bits per heavy atom. The van der Waals surface area contributed by atoms with Crippen molar-refractivity contribution in [3.8, 4) is 11.1 Å². The molecule has 1 aliphatic heterocycles. The van der Waals surface area contributed by atoms with Gasteiger partial charge >= 0.3 is 0 Å². The van der Waals surface area contributed by atoms with Crippen LogP contribution in [-0.2, 0) is 22.5 Å². The van der Waals surface area contributed by atoms with Crippen molar-refractivity contribution < 1.29 is 14.6 Å². The van der Waals surface area contributed by atoms with Crippen LogP contribution in [0.2, 0.25) is 0 Å². The molecule has 1 amide bonds. The van der Waals surface area contributed by atoms with Crippen LogP contribution in [-0.4, -0.2) is 57.1 Å². The molecule has 3 heterocycles. The smallest absolute Gasteiger partial charge is 0.248 e. The van der Waals surface area contributed by atoms with Crippen LogP contribution in [0.5, 0.6) is 0 Å². The second-order valence-corrected chi connectivity index (χ2v) is 7.62. The maximum absolute atomic E-state index is 12.4. The molecule has 9 heteroatoms. The fourth-order valence-corrected chi connectivity index (χ4v) is 3.42. The summed E-state index contributed by atoms with van der Waals surface area (Å²) in [5.74, 6) is 0.515. The summed E-state index contributed by atoms with van der Waals surface area (Å²) in [4.78, 5) is 16.6. The van der Waals surface area contributed by atoms with E-state index in [1.165, 1.54) is 6.08 Å². The van der Waals surface area contributed by atoms with Gasteiger partial charge in [0.25, 0.3) is 0 Å². The van der Waals surface area contributed by atoms with Gasteiger partial charge in [-0.1, -0.05) is 12.1 Å². The summed E-state index contributed by atoms with van der Waals surface area (Å²) in [6.45, 7) is 0.950. The number of rotatable bonds is 9. The van der Waals surface area contributed by atoms with Crippen LogP contribution in [0.15, 0.2) is 66.3 Å². The van der Waals surface area contributed by atoms with Gasteiger partial charge in [0.15, 0.2) is 6.73 Å². The fraction of sp³-hybridized carbons (Fsp3) is 0.250. The molecule has 0 bridgehead atoms. The molecule has 0 atom stereocenters. The first-order chi connectivity index (χ1) is 16.1. The lowest BCUT2D eigenvalue weighted by atomic mass is 10.0. The molecule has 0 unspecified atom stereocenters. The van der Waals surface area contributed by atoms with Crippen molar-refractivity contribution in [1.82, 2.24) is 19.8 Å². The van der Waals surface area contributed by atoms with Gasteiger partial charge in [-0.25, -0.2) is 0 Å². The number of nitrogens with zero attached hydrogens (tertiary/aromatic N) is 5. The van der Waals surface area contributed by atoms with Gasteiger partial charge in [-0.05, 0) is 41.8 Å². The Hall–Kier alpha value is -3.98. The number of hydrogen-bond donors (Lipinski definition) is 2. The van der Waals surface area contributed by atoms with Crippen LogP contribution in [0, 0.1) is 0 Å². The fourth-order valence-electron chi connectivity index (χ4n) is 3.42. The molecular formula is C24H26N6O3. The van der Waals surface area contributed by atoms with Gasteiger partial charge in [0.05, 0.1) is 19.3 Å². The highest BCUT2D eigenvalue weighted by atomic mass is 16.5. The molecule has 170 valence electrons. The van der Waals surface area contributed by atoms with Crippen molar-refractivity contribution in [1.29, 1.82) is 0 Å². The summed E-state index contributed by atoms with van der Waals surface area (Å²) in [5.41, 5.74) is 4.46. The summed E-state index contributed by atoms with van der Waals surface area (Å²) in [7, 11) is 1.88. The van der Waals surface area contributed by atoms with Gasteiger partial charge in [0, 0.05) is 54.9 Å². The lowest BCUT2D eigenvalue weighted by Crippen LogP contribution is -2.08. The number of amides is 1. The van der Waals surface area contributed by atoms with Crippen LogP contribution >= 0.6 is 0 Å². The number of pyridine rings is 1. The molecule has 4 rings (SSSR count). The van der Waals surface area contributed by atoms with E-state index in [1.54, 1.807) is 34.4 Å². The minimum absolute atomic E-state index is 0.0205. The molecule has 0 fully saturated rings. The van der Waals surface area contributed by atoms with Crippen LogP contribution in [0.3, 0.4) is 0 Å². The Kier molecular flexibility index (Phi) is 7.11. The Balaban J connectivity index is 1.35. The highest BCUT2D eigenvalue weighted by molar-refractivity contribution is 6.02. The van der Waals surface area contributed by atoms with E-state index >= 15 is 0 Å². The number of carbonyl (C=O) groups is 1. The van der Waals surface area contributed by atoms with E-state index in [0.29, 0.717) is 13.3 Å². The van der Waals surface area contributed by atoms with Crippen LogP contribution in [0.25, 0.3) is 17.2 Å². The Labute approximate surface area is 192 Å². The molecule has 0 spiro atoms. The van der Waals surface area contributed by atoms with E-state index in [2.05, 4.69) is 20.5 Å². The van der Waals surface area contributed by atoms with E-state index in [4.69, 9.17) is 9.84 Å². The number of hydrogen-bond acceptors (Lipinski definition) is 7. The highest BCUT2D eigenvalue weighted by Gasteiger charge is 2.11. The molecular weight excluding hydrogens is 420 g/mol. The maximum atomic E-state index is 12.4. The van der Waals surface area contributed by atoms with E-state index in [-0.39, 0.29) is 12.5 Å². The van der Waals surface area contributed by atoms with E-state index in [0.717, 1.165) is 46.7 Å². The number of ether oxygens (including phenoxy) is 1. The van der Waals surface area contributed by atoms with Crippen molar-refractivity contribution in [2.75, 3.05) is 25.7 Å². The average Bonchev–Trinajstić information content (AvgIpc) is 3.46. The SMILES string of the molecule is CN1COC(CCc2ccc(NC(=O)/C=C/c3cnccc3-c3cnn(CCO)c3)cc2)=N1. The first-order valence-electron chi connectivity index (χ1n) is 10.7. The van der Waals surface area contributed by atoms with Crippen LogP contribution in [0.4, 0.5) is 5.69 Å². The molecule has 2 N–H and O–H groups in total. The maximum Gasteiger partial charge on any atom is 0.248 e. The lowest BCUT2D eigenvalue weighted by Gasteiger charge is -2.05. The van der Waals surface area contributed by atoms with Gasteiger partial charge in [-0.15, -0.1) is 5.10 Å². The molecule has 1 aromatic carbocycles. The van der Waals surface area contributed by atoms with Crippen LogP contribution < -0.4 is 5.32 Å². The number of nitrogens with one attached hydrogen (secondary N) is 1. The minimum Gasteiger partial charge on any atom is -0.457 e. The predicted molar refractivity (Wildman–Crippen MR) is 126 cm³/mol. The molecule has 33 heavy (non-hydrogen) atoms. The van der Waals surface area contributed by atoms with E-state index < -0.39 is 0 Å². The molecule has 0 radical (unpaired) electrons. The van der Waals surface area contributed by atoms with Gasteiger partial charge in [0.1, 0.15) is 0 Å². The third kappa shape index (κ3) is 6.05. The molecule has 0 saturated heterocycles. The first kappa shape index (κ1) is 22.2. The number of aliphatic hydroxyl groups is 1. The molecule has 0 aliphatic carbocycles. The zero-order chi connectivity index (χ0) is 23.0. The second-order valence-electron chi connectivity index (χ2n) is 7.62. The summed E-state index contributed by atoms with van der Waals surface area (Å²) >= 11 is 0. The number of aliphatic hydroxyl groups excluding tert-OH is 1. The van der Waals surface area contributed by atoms with Gasteiger partial charge in [-0.2, -0.15) is 5.10 Å². The Morgan fingerprint density at radius 1 is 1.21 bits per heavy atom. The molecule has 2 aromatic heterocycles. The number of anilines is 1. The Morgan fingerprint density at radius 3 is 2.82 bits per heavy atom. The van der Waals surface area contributed by atoms with Gasteiger partial charge in [-0.3, -0.25) is 19.5 Å². The summed E-state index contributed by atoms with van der Waals surface area (Å²) in [6.07, 6.45) is 11.8. The number of carbonyl (C=O) groups excluding carboxylic acids is 1. The minimum atomic E-state index is -0.231. The number of benzene rings is 1. The number of aryl methyl sites for hydroxylation is 1. The van der Waals surface area contributed by atoms with E-state index in [1.807, 2.05) is 43.6 Å². The van der Waals surface area contributed by atoms with Crippen molar-refractivity contribution in [2.45, 2.75) is 19.4 Å². The summed E-state index contributed by atoms with van der Waals surface area (Å²) in [6, 6.07) is 9.62. The largest absolute Gasteiger partial charge is 0.457 e. The van der Waals surface area contributed by atoms with Gasteiger partial charge < -0.3 is 15.2 Å². The number of hydrazone groups is 1. The summed E-state index contributed by atoms with van der Waals surface area (Å²) < 4.78 is 7.14. The molecule has 1 aliphatic rings. The predicted octanol–water partition coefficient (Wildman–Crippen LogP) is 2.75. The van der Waals surface area contributed by atoms with Crippen LogP contribution in [0.1, 0.15) is 17.5 Å². The molecule has 0 saturated carbocycles. The molecule has 9 nitrogen and oxygen atoms in total. The quantitative estimate of drug-likeness (QED) is 0.490. The highest BCUT2D eigenvalue weighted by Crippen LogP contribution is 2.23. The first-order valence-corrected chi connectivity index (χ1v) is 10.7. The van der Waals surface area contributed by atoms with Crippen molar-refractivity contribution in [3.63, 3.8) is 0 Å². The monoisotopic (exact) mass is 446 g/mol. The number of aromatic nitrogens is 3. The lowest BCUT2D eigenvalue weighted by molar-refractivity contribution is -0.111. The topological polar surface area (TPSA) is 105 Å². The third-order valence-corrected chi connectivity index (χ3v) is 5.09. The standard InChI is InChI=1S/C24H26N6O3/c1-29-17-33-24(28-29)9-4-18-2-6-21(7-3-18)27-23(32)8-5-19-14-25-11-10-22(19)20-15-26-30(16-20)12-13-31/h2-3,5-8,10-11,14-16,31H,4,9,12-13,17H2,1H3,(H,27,32)/b8-5+. The average molecular weight is 447 g/mol. The Bertz CT molecular complexity index is 1150. The summed E-state index contributed by atoms with van der Waals surface area (Å²) in [5, 5.41) is 22.2. The van der Waals surface area contributed by atoms with Crippen molar-refractivity contribution in [2.24, 2.45) is 5.10 Å². The van der Waals surface area contributed by atoms with Crippen molar-refractivity contribution in [3.05, 3.63) is 72.3 Å². The van der Waals surface area contributed by atoms with E-state index in [9.17, 15) is 4.79 Å². The zero-order valence-electron chi connectivity index (χ0n) is 18.4. The second kappa shape index (κ2) is 10.6. The van der Waals surface area contributed by atoms with Crippen molar-refractivity contribution >= 4 is 23.6 Å². The van der Waals surface area contributed by atoms with Gasteiger partial charge in [0.2, 0.25) is 11.8 Å². The third-order valence-electron chi connectivity index (χ3n) is 5.09. The molecule has 3 aromatic rings.